The van der Waals surface area contributed by atoms with Gasteiger partial charge in [0.1, 0.15) is 5.76 Å². The summed E-state index contributed by atoms with van der Waals surface area (Å²) < 4.78 is 5.24. The Morgan fingerprint density at radius 1 is 1.40 bits per heavy atom. The average molecular weight is 138 g/mol. The second kappa shape index (κ2) is 3.45. The highest BCUT2D eigenvalue weighted by molar-refractivity contribution is 5.09. The van der Waals surface area contributed by atoms with Gasteiger partial charge in [-0.25, -0.2) is 0 Å². The van der Waals surface area contributed by atoms with Crippen molar-refractivity contribution in [1.82, 2.24) is 0 Å². The van der Waals surface area contributed by atoms with Crippen LogP contribution in [0.15, 0.2) is 24.2 Å². The Balaban J connectivity index is 2.58. The Labute approximate surface area is 62.4 Å². The third-order valence-corrected chi connectivity index (χ3v) is 1.91. The van der Waals surface area contributed by atoms with E-state index in [9.17, 15) is 0 Å². The van der Waals surface area contributed by atoms with Crippen LogP contribution >= 0.6 is 0 Å². The molecule has 1 aliphatic rings. The first-order valence-corrected chi connectivity index (χ1v) is 3.81. The van der Waals surface area contributed by atoms with Crippen LogP contribution in [0.4, 0.5) is 0 Å². The normalized spacial score (nSPS) is 18.9. The van der Waals surface area contributed by atoms with Crippen molar-refractivity contribution in [1.29, 1.82) is 0 Å². The minimum atomic E-state index is 1.10. The van der Waals surface area contributed by atoms with Crippen molar-refractivity contribution >= 4 is 0 Å². The van der Waals surface area contributed by atoms with Gasteiger partial charge in [0, 0.05) is 6.42 Å². The highest BCUT2D eigenvalue weighted by Gasteiger charge is 2.08. The van der Waals surface area contributed by atoms with Crippen LogP contribution < -0.4 is 0 Å². The van der Waals surface area contributed by atoms with Crippen LogP contribution in [-0.2, 0) is 4.74 Å². The fraction of sp³-hybridized carbons (Fsp3) is 0.556. The molecule has 0 spiro atoms. The predicted molar refractivity (Wildman–Crippen MR) is 42.5 cm³/mol. The molecule has 0 atom stereocenters. The summed E-state index contributed by atoms with van der Waals surface area (Å²) in [5.41, 5.74) is 1.39. The van der Waals surface area contributed by atoms with E-state index in [-0.39, 0.29) is 0 Å². The van der Waals surface area contributed by atoms with Crippen molar-refractivity contribution in [2.24, 2.45) is 0 Å². The van der Waals surface area contributed by atoms with Crippen LogP contribution in [0, 0.1) is 0 Å². The first kappa shape index (κ1) is 7.39. The van der Waals surface area contributed by atoms with Crippen molar-refractivity contribution in [2.75, 3.05) is 0 Å². The summed E-state index contributed by atoms with van der Waals surface area (Å²) in [6.45, 7) is 5.67. The van der Waals surface area contributed by atoms with E-state index in [2.05, 4.69) is 13.5 Å². The van der Waals surface area contributed by atoms with E-state index in [4.69, 9.17) is 4.74 Å². The zero-order valence-corrected chi connectivity index (χ0v) is 6.52. The van der Waals surface area contributed by atoms with Crippen molar-refractivity contribution < 1.29 is 4.74 Å². The van der Waals surface area contributed by atoms with E-state index >= 15 is 0 Å². The van der Waals surface area contributed by atoms with Gasteiger partial charge in [-0.1, -0.05) is 6.58 Å². The molecule has 0 saturated heterocycles. The lowest BCUT2D eigenvalue weighted by Gasteiger charge is -2.15. The highest BCUT2D eigenvalue weighted by atomic mass is 16.5. The first-order chi connectivity index (χ1) is 4.84. The number of allylic oxidation sites excluding steroid dienone is 2. The summed E-state index contributed by atoms with van der Waals surface area (Å²) >= 11 is 0. The van der Waals surface area contributed by atoms with Gasteiger partial charge in [-0.15, -0.1) is 0 Å². The molecule has 0 aromatic rings. The zero-order chi connectivity index (χ0) is 7.40. The van der Waals surface area contributed by atoms with Gasteiger partial charge in [-0.3, -0.25) is 0 Å². The summed E-state index contributed by atoms with van der Waals surface area (Å²) in [6, 6.07) is 0. The van der Waals surface area contributed by atoms with E-state index in [0.29, 0.717) is 0 Å². The molecular weight excluding hydrogens is 124 g/mol. The molecular formula is C9H14O. The predicted octanol–water partition coefficient (Wildman–Crippen LogP) is 2.99. The Kier molecular flexibility index (Phi) is 2.55. The molecule has 0 aromatic carbocycles. The number of ether oxygens (including phenoxy) is 1. The molecule has 0 fully saturated rings. The molecule has 56 valence electrons. The molecule has 0 amide bonds. The Morgan fingerprint density at radius 2 is 2.10 bits per heavy atom. The van der Waals surface area contributed by atoms with Crippen LogP contribution in [0.2, 0.25) is 0 Å². The third-order valence-electron chi connectivity index (χ3n) is 1.91. The van der Waals surface area contributed by atoms with Gasteiger partial charge < -0.3 is 4.74 Å². The lowest BCUT2D eigenvalue weighted by Crippen LogP contribution is -1.97. The lowest BCUT2D eigenvalue weighted by atomic mass is 9.99. The van der Waals surface area contributed by atoms with Gasteiger partial charge in [-0.2, -0.15) is 0 Å². The van der Waals surface area contributed by atoms with Crippen LogP contribution in [0.25, 0.3) is 0 Å². The van der Waals surface area contributed by atoms with Crippen LogP contribution in [0.1, 0.15) is 32.6 Å². The molecule has 0 bridgehead atoms. The molecule has 0 radical (unpaired) electrons. The number of hydrogen-bond acceptors (Lipinski definition) is 1. The largest absolute Gasteiger partial charge is 0.470 e. The van der Waals surface area contributed by atoms with Gasteiger partial charge in [0.05, 0.1) is 6.26 Å². The van der Waals surface area contributed by atoms with Crippen LogP contribution in [0.5, 0.6) is 0 Å². The van der Waals surface area contributed by atoms with Crippen LogP contribution in [-0.4, -0.2) is 0 Å². The standard InChI is InChI=1S/C9H14O/c1-3-10-9-7-5-4-6-8(9)2/h3H,1,4-7H2,2H3. The molecule has 1 aliphatic carbocycles. The van der Waals surface area contributed by atoms with E-state index in [0.717, 1.165) is 12.2 Å². The average Bonchev–Trinajstić information content (AvgIpc) is 1.94. The molecule has 0 N–H and O–H groups in total. The van der Waals surface area contributed by atoms with E-state index < -0.39 is 0 Å². The van der Waals surface area contributed by atoms with Crippen molar-refractivity contribution in [3.05, 3.63) is 24.2 Å². The minimum Gasteiger partial charge on any atom is -0.470 e. The van der Waals surface area contributed by atoms with Gasteiger partial charge >= 0.3 is 0 Å². The summed E-state index contributed by atoms with van der Waals surface area (Å²) in [5.74, 6) is 1.14. The summed E-state index contributed by atoms with van der Waals surface area (Å²) in [6.07, 6.45) is 6.39. The van der Waals surface area contributed by atoms with E-state index in [1.807, 2.05) is 0 Å². The fourth-order valence-electron chi connectivity index (χ4n) is 1.29. The highest BCUT2D eigenvalue weighted by Crippen LogP contribution is 2.24. The van der Waals surface area contributed by atoms with Gasteiger partial charge in [-0.05, 0) is 31.8 Å². The minimum absolute atomic E-state index is 1.10. The zero-order valence-electron chi connectivity index (χ0n) is 6.52. The van der Waals surface area contributed by atoms with Gasteiger partial charge in [0.2, 0.25) is 0 Å². The van der Waals surface area contributed by atoms with E-state index in [1.54, 1.807) is 0 Å². The lowest BCUT2D eigenvalue weighted by molar-refractivity contribution is 0.313. The van der Waals surface area contributed by atoms with Crippen molar-refractivity contribution in [3.8, 4) is 0 Å². The van der Waals surface area contributed by atoms with Gasteiger partial charge in [0.25, 0.3) is 0 Å². The molecule has 1 nitrogen and oxygen atoms in total. The molecule has 0 heterocycles. The Morgan fingerprint density at radius 3 is 2.70 bits per heavy atom. The SMILES string of the molecule is C=COC1=C(C)CCCC1. The second-order valence-corrected chi connectivity index (χ2v) is 2.70. The molecule has 1 rings (SSSR count). The molecule has 10 heavy (non-hydrogen) atoms. The Hall–Kier alpha value is -0.720. The maximum absolute atomic E-state index is 5.24. The smallest absolute Gasteiger partial charge is 0.102 e. The van der Waals surface area contributed by atoms with Gasteiger partial charge in [0.15, 0.2) is 0 Å². The van der Waals surface area contributed by atoms with Crippen LogP contribution in [0.3, 0.4) is 0 Å². The quantitative estimate of drug-likeness (QED) is 0.533. The summed E-state index contributed by atoms with van der Waals surface area (Å²) in [5, 5.41) is 0. The maximum atomic E-state index is 5.24. The number of hydrogen-bond donors (Lipinski definition) is 0. The first-order valence-electron chi connectivity index (χ1n) is 3.81. The molecule has 0 saturated carbocycles. The second-order valence-electron chi connectivity index (χ2n) is 2.70. The maximum Gasteiger partial charge on any atom is 0.102 e. The molecule has 0 unspecified atom stereocenters. The third kappa shape index (κ3) is 1.63. The van der Waals surface area contributed by atoms with E-state index in [1.165, 1.54) is 31.1 Å². The van der Waals surface area contributed by atoms with Crippen molar-refractivity contribution in [2.45, 2.75) is 32.6 Å². The summed E-state index contributed by atoms with van der Waals surface area (Å²) in [7, 11) is 0. The summed E-state index contributed by atoms with van der Waals surface area (Å²) in [4.78, 5) is 0. The number of rotatable bonds is 2. The monoisotopic (exact) mass is 138 g/mol. The molecule has 0 aromatic heterocycles. The fourth-order valence-corrected chi connectivity index (χ4v) is 1.29. The molecule has 0 aliphatic heterocycles. The van der Waals surface area contributed by atoms with Crippen molar-refractivity contribution in [3.63, 3.8) is 0 Å². The topological polar surface area (TPSA) is 9.23 Å². The Bertz CT molecular complexity index is 156. The molecule has 1 heteroatoms.